The number of rotatable bonds is 7. The molecule has 1 aromatic carbocycles. The number of aromatic nitrogens is 1. The molecule has 0 bridgehead atoms. The average Bonchev–Trinajstić information content (AvgIpc) is 3.33. The maximum atomic E-state index is 12.4. The van der Waals surface area contributed by atoms with Crippen LogP contribution < -0.4 is 16.4 Å². The molecule has 0 aliphatic heterocycles. The van der Waals surface area contributed by atoms with E-state index in [0.717, 1.165) is 16.0 Å². The van der Waals surface area contributed by atoms with Crippen LogP contribution in [0.15, 0.2) is 34.9 Å². The number of nitrogens with two attached hydrogens (primary N) is 1. The molecule has 1 atom stereocenters. The number of carbonyl (C=O) groups is 2. The highest BCUT2D eigenvalue weighted by atomic mass is 32.1. The fraction of sp³-hybridized carbons (Fsp3) is 0.348. The Kier molecular flexibility index (Phi) is 6.83. The lowest BCUT2D eigenvalue weighted by Crippen LogP contribution is -2.31. The summed E-state index contributed by atoms with van der Waals surface area (Å²) in [5.74, 6) is 0.721. The van der Waals surface area contributed by atoms with Gasteiger partial charge >= 0.3 is 6.09 Å². The molecule has 4 rings (SSSR count). The van der Waals surface area contributed by atoms with Crippen molar-refractivity contribution < 1.29 is 24.0 Å². The largest absolute Gasteiger partial charge is 0.508 e. The van der Waals surface area contributed by atoms with Crippen LogP contribution in [0.4, 0.5) is 15.5 Å². The molecule has 2 aromatic heterocycles. The van der Waals surface area contributed by atoms with Crippen molar-refractivity contribution in [2.75, 3.05) is 11.1 Å². The summed E-state index contributed by atoms with van der Waals surface area (Å²) in [5, 5.41) is 19.6. The van der Waals surface area contributed by atoms with Gasteiger partial charge in [-0.15, -0.1) is 11.3 Å². The van der Waals surface area contributed by atoms with Crippen LogP contribution in [0.5, 0.6) is 5.75 Å². The van der Waals surface area contributed by atoms with Crippen LogP contribution in [0.3, 0.4) is 0 Å². The molecule has 33 heavy (non-hydrogen) atoms. The predicted molar refractivity (Wildman–Crippen MR) is 124 cm³/mol. The number of phenols is 1. The smallest absolute Gasteiger partial charge is 0.407 e. The number of phenolic OH excluding ortho intramolecular Hbond substituents is 1. The lowest BCUT2D eigenvalue weighted by molar-refractivity contribution is -0.116. The number of carbonyl (C=O) groups excluding carboxylic acids is 2. The maximum Gasteiger partial charge on any atom is 0.407 e. The van der Waals surface area contributed by atoms with E-state index in [1.165, 1.54) is 11.3 Å². The molecule has 0 spiro atoms. The minimum atomic E-state index is -0.505. The van der Waals surface area contributed by atoms with Gasteiger partial charge in [0.2, 0.25) is 5.91 Å². The molecule has 10 heteroatoms. The number of thiophene rings is 1. The first-order valence-corrected chi connectivity index (χ1v) is 11.5. The Balaban J connectivity index is 1.28. The summed E-state index contributed by atoms with van der Waals surface area (Å²) in [7, 11) is 0. The molecule has 0 radical (unpaired) electrons. The summed E-state index contributed by atoms with van der Waals surface area (Å²) in [4.78, 5) is 25.6. The predicted octanol–water partition coefficient (Wildman–Crippen LogP) is 3.69. The van der Waals surface area contributed by atoms with E-state index in [-0.39, 0.29) is 30.7 Å². The molecule has 2 heterocycles. The third-order valence-corrected chi connectivity index (χ3v) is 6.62. The number of hydrogen-bond donors (Lipinski definition) is 4. The number of alkyl carbamates (subject to hydrolysis) is 1. The molecule has 1 aliphatic rings. The van der Waals surface area contributed by atoms with Gasteiger partial charge in [-0.3, -0.25) is 4.79 Å². The number of nitrogen functional groups attached to an aromatic ring is 1. The third-order valence-electron chi connectivity index (χ3n) is 5.43. The second-order valence-electron chi connectivity index (χ2n) is 8.02. The monoisotopic (exact) mass is 470 g/mol. The van der Waals surface area contributed by atoms with Crippen LogP contribution in [0, 0.1) is 6.92 Å². The fourth-order valence-electron chi connectivity index (χ4n) is 3.79. The Morgan fingerprint density at radius 3 is 2.97 bits per heavy atom. The van der Waals surface area contributed by atoms with E-state index in [4.69, 9.17) is 15.0 Å². The molecule has 2 amide bonds. The van der Waals surface area contributed by atoms with Crippen molar-refractivity contribution >= 4 is 34.0 Å². The van der Waals surface area contributed by atoms with Gasteiger partial charge in [-0.2, -0.15) is 0 Å². The number of amides is 2. The van der Waals surface area contributed by atoms with E-state index < -0.39 is 6.09 Å². The molecule has 0 saturated heterocycles. The maximum absolute atomic E-state index is 12.4. The molecule has 5 N–H and O–H groups in total. The molecular formula is C23H26N4O5S. The Hall–Kier alpha value is -3.53. The Labute approximate surface area is 194 Å². The highest BCUT2D eigenvalue weighted by Crippen LogP contribution is 2.40. The molecule has 1 aliphatic carbocycles. The summed E-state index contributed by atoms with van der Waals surface area (Å²) < 4.78 is 10.5. The van der Waals surface area contributed by atoms with Crippen molar-refractivity contribution in [2.24, 2.45) is 0 Å². The number of nitrogens with zero attached hydrogens (tertiary/aromatic N) is 1. The third kappa shape index (κ3) is 5.83. The number of hydrogen-bond acceptors (Lipinski definition) is 8. The topological polar surface area (TPSA) is 140 Å². The number of ether oxygens (including phenoxy) is 1. The van der Waals surface area contributed by atoms with Crippen molar-refractivity contribution in [2.45, 2.75) is 51.7 Å². The molecule has 3 aromatic rings. The Morgan fingerprint density at radius 2 is 2.21 bits per heavy atom. The van der Waals surface area contributed by atoms with Crippen LogP contribution in [0.25, 0.3) is 0 Å². The molecule has 9 nitrogen and oxygen atoms in total. The Morgan fingerprint density at radius 1 is 1.36 bits per heavy atom. The summed E-state index contributed by atoms with van der Waals surface area (Å²) in [6.07, 6.45) is 1.93. The molecular weight excluding hydrogens is 444 g/mol. The van der Waals surface area contributed by atoms with Gasteiger partial charge in [0.25, 0.3) is 0 Å². The van der Waals surface area contributed by atoms with Crippen molar-refractivity contribution in [3.05, 3.63) is 57.8 Å². The summed E-state index contributed by atoms with van der Waals surface area (Å²) in [6, 6.07) is 8.62. The van der Waals surface area contributed by atoms with Gasteiger partial charge in [0, 0.05) is 23.8 Å². The number of aromatic hydroxyl groups is 1. The highest BCUT2D eigenvalue weighted by Gasteiger charge is 2.27. The summed E-state index contributed by atoms with van der Waals surface area (Å²) in [5.41, 5.74) is 9.41. The highest BCUT2D eigenvalue weighted by molar-refractivity contribution is 7.17. The number of benzene rings is 1. The first-order valence-electron chi connectivity index (χ1n) is 10.7. The first-order chi connectivity index (χ1) is 15.9. The molecule has 0 fully saturated rings. The summed E-state index contributed by atoms with van der Waals surface area (Å²) >= 11 is 1.43. The number of aryl methyl sites for hydroxylation is 2. The SMILES string of the molecule is Cc1cc(CNC(=O)OC2CCc3c(sc(NC(=O)CCc4cccc(O)c4)c3N)C2)no1. The molecule has 1 unspecified atom stereocenters. The van der Waals surface area contributed by atoms with E-state index in [1.807, 2.05) is 6.07 Å². The van der Waals surface area contributed by atoms with Gasteiger partial charge < -0.3 is 30.7 Å². The zero-order chi connectivity index (χ0) is 23.4. The quantitative estimate of drug-likeness (QED) is 0.413. The van der Waals surface area contributed by atoms with Crippen LogP contribution in [-0.2, 0) is 35.3 Å². The Bertz CT molecular complexity index is 1160. The first kappa shape index (κ1) is 22.7. The zero-order valence-corrected chi connectivity index (χ0v) is 19.0. The lowest BCUT2D eigenvalue weighted by atomic mass is 9.95. The minimum Gasteiger partial charge on any atom is -0.508 e. The van der Waals surface area contributed by atoms with Crippen LogP contribution in [0.1, 0.15) is 40.3 Å². The van der Waals surface area contributed by atoms with Crippen molar-refractivity contribution in [1.82, 2.24) is 10.5 Å². The second-order valence-corrected chi connectivity index (χ2v) is 9.12. The van der Waals surface area contributed by atoms with Crippen molar-refractivity contribution in [1.29, 1.82) is 0 Å². The number of anilines is 2. The fourth-order valence-corrected chi connectivity index (χ4v) is 5.04. The zero-order valence-electron chi connectivity index (χ0n) is 18.2. The van der Waals surface area contributed by atoms with Crippen molar-refractivity contribution in [3.8, 4) is 5.75 Å². The van der Waals surface area contributed by atoms with Gasteiger partial charge in [0.05, 0.1) is 12.2 Å². The van der Waals surface area contributed by atoms with E-state index in [2.05, 4.69) is 15.8 Å². The number of fused-ring (bicyclic) bond motifs is 1. The van der Waals surface area contributed by atoms with Crippen LogP contribution >= 0.6 is 11.3 Å². The standard InChI is InChI=1S/C23H26N4O5S/c1-13-9-15(27-32-13)12-25-23(30)31-17-6-7-18-19(11-17)33-22(21(18)24)26-20(29)8-5-14-3-2-4-16(28)10-14/h2-4,9-10,17,28H,5-8,11-12,24H2,1H3,(H,25,30)(H,26,29). The van der Waals surface area contributed by atoms with Gasteiger partial charge in [-0.05, 0) is 49.4 Å². The van der Waals surface area contributed by atoms with E-state index in [0.29, 0.717) is 47.8 Å². The molecule has 174 valence electrons. The summed E-state index contributed by atoms with van der Waals surface area (Å²) in [6.45, 7) is 2.02. The van der Waals surface area contributed by atoms with Crippen molar-refractivity contribution in [3.63, 3.8) is 0 Å². The van der Waals surface area contributed by atoms with Crippen LogP contribution in [0.2, 0.25) is 0 Å². The molecule has 0 saturated carbocycles. The second kappa shape index (κ2) is 9.95. The van der Waals surface area contributed by atoms with Gasteiger partial charge in [0.15, 0.2) is 0 Å². The van der Waals surface area contributed by atoms with Crippen LogP contribution in [-0.4, -0.2) is 28.4 Å². The van der Waals surface area contributed by atoms with Gasteiger partial charge in [-0.25, -0.2) is 4.79 Å². The lowest BCUT2D eigenvalue weighted by Gasteiger charge is -2.22. The normalized spacial score (nSPS) is 15.0. The van der Waals surface area contributed by atoms with E-state index >= 15 is 0 Å². The average molecular weight is 471 g/mol. The minimum absolute atomic E-state index is 0.140. The van der Waals surface area contributed by atoms with Gasteiger partial charge in [-0.1, -0.05) is 17.3 Å². The van der Waals surface area contributed by atoms with Gasteiger partial charge in [0.1, 0.15) is 28.3 Å². The number of nitrogens with one attached hydrogen (secondary N) is 2. The van der Waals surface area contributed by atoms with E-state index in [1.54, 1.807) is 31.2 Å². The van der Waals surface area contributed by atoms with E-state index in [9.17, 15) is 14.7 Å².